The lowest BCUT2D eigenvalue weighted by Crippen LogP contribution is -2.51. The molecular formula is C39H56Cl4N6O3. The molecule has 3 saturated heterocycles. The van der Waals surface area contributed by atoms with Gasteiger partial charge in [-0.05, 0) is 69.1 Å². The molecule has 288 valence electrons. The van der Waals surface area contributed by atoms with Crippen LogP contribution < -0.4 is 35.2 Å². The number of carbonyl (C=O) groups is 1. The first-order valence-electron chi connectivity index (χ1n) is 17.9. The Morgan fingerprint density at radius 1 is 0.788 bits per heavy atom. The molecule has 3 aromatic carbocycles. The molecule has 6 rings (SSSR count). The van der Waals surface area contributed by atoms with Crippen LogP contribution in [0.2, 0.25) is 10.0 Å². The van der Waals surface area contributed by atoms with Gasteiger partial charge in [0.2, 0.25) is 5.24 Å². The summed E-state index contributed by atoms with van der Waals surface area (Å²) in [5.74, 6) is 1.48. The zero-order chi connectivity index (χ0) is 38.0. The van der Waals surface area contributed by atoms with E-state index in [1.165, 1.54) is 23.9 Å². The lowest BCUT2D eigenvalue weighted by Gasteiger charge is -2.41. The second kappa shape index (κ2) is 23.3. The first-order valence-corrected chi connectivity index (χ1v) is 19.4. The fourth-order valence-electron chi connectivity index (χ4n) is 6.08. The quantitative estimate of drug-likeness (QED) is 0.171. The van der Waals surface area contributed by atoms with Crippen molar-refractivity contribution in [2.75, 3.05) is 82.9 Å². The highest BCUT2D eigenvalue weighted by Gasteiger charge is 2.24. The summed E-state index contributed by atoms with van der Waals surface area (Å²) in [6.07, 6.45) is 0. The van der Waals surface area contributed by atoms with Gasteiger partial charge in [-0.15, -0.1) is 11.6 Å². The van der Waals surface area contributed by atoms with E-state index < -0.39 is 10.6 Å². The Labute approximate surface area is 331 Å². The molecule has 13 heteroatoms. The number of nitrogens with one attached hydrogen (secondary N) is 3. The van der Waals surface area contributed by atoms with Crippen LogP contribution in [0, 0.1) is 0 Å². The van der Waals surface area contributed by atoms with Gasteiger partial charge in [0.25, 0.3) is 0 Å². The van der Waals surface area contributed by atoms with E-state index in [0.29, 0.717) is 28.2 Å². The average Bonchev–Trinajstić information content (AvgIpc) is 3.14. The highest BCUT2D eigenvalue weighted by Crippen LogP contribution is 2.32. The SMILES string of the molecule is CC(Cl)C(=O)Cl.COc1cc(N2CCN(Cc3ccccc3)C[C@H]2C)ccc1Cl.COc1cc(N2CCNC[C@H]2C)ccc1Cl.C[C@@H]1CNCCN1. The molecular weight excluding hydrogens is 742 g/mol. The molecule has 52 heavy (non-hydrogen) atoms. The van der Waals surface area contributed by atoms with Crippen molar-refractivity contribution in [1.29, 1.82) is 0 Å². The maximum Gasteiger partial charge on any atom is 0.239 e. The maximum absolute atomic E-state index is 9.78. The summed E-state index contributed by atoms with van der Waals surface area (Å²) in [5.41, 5.74) is 3.73. The van der Waals surface area contributed by atoms with Crippen molar-refractivity contribution in [3.05, 3.63) is 82.3 Å². The Kier molecular flexibility index (Phi) is 19.7. The zero-order valence-electron chi connectivity index (χ0n) is 31.3. The van der Waals surface area contributed by atoms with Gasteiger partial charge < -0.3 is 35.2 Å². The molecule has 0 amide bonds. The fourth-order valence-corrected chi connectivity index (χ4v) is 6.47. The molecule has 3 aliphatic heterocycles. The third-order valence-corrected chi connectivity index (χ3v) is 10.2. The molecule has 0 radical (unpaired) electrons. The second-order valence-corrected chi connectivity index (χ2v) is 15.0. The normalized spacial score (nSPS) is 20.8. The Hall–Kier alpha value is -2.47. The predicted octanol–water partition coefficient (Wildman–Crippen LogP) is 7.15. The molecule has 1 unspecified atom stereocenters. The summed E-state index contributed by atoms with van der Waals surface area (Å²) in [5, 5.41) is 10.2. The lowest BCUT2D eigenvalue weighted by atomic mass is 10.1. The van der Waals surface area contributed by atoms with E-state index in [2.05, 4.69) is 87.8 Å². The number of halogens is 4. The van der Waals surface area contributed by atoms with E-state index in [-0.39, 0.29) is 0 Å². The number of carbonyl (C=O) groups excluding carboxylic acids is 1. The first kappa shape index (κ1) is 43.9. The molecule has 0 aliphatic carbocycles. The van der Waals surface area contributed by atoms with Crippen LogP contribution in [-0.2, 0) is 11.3 Å². The molecule has 0 aromatic heterocycles. The van der Waals surface area contributed by atoms with Crippen molar-refractivity contribution >= 4 is 63.0 Å². The van der Waals surface area contributed by atoms with Gasteiger partial charge in [0, 0.05) is 107 Å². The van der Waals surface area contributed by atoms with Crippen LogP contribution in [0.5, 0.6) is 11.5 Å². The van der Waals surface area contributed by atoms with Crippen molar-refractivity contribution in [2.24, 2.45) is 0 Å². The standard InChI is InChI=1S/C19H23ClN2O.C12H17ClN2O.C5H12N2.C3H4Cl2O/c1-15-13-21(14-16-6-4-3-5-7-16)10-11-22(15)17-8-9-18(20)19(12-17)23-2;1-9-8-14-5-6-15(9)10-3-4-11(13)12(7-10)16-2;1-5-4-6-2-3-7-5;1-2(4)3(5)6/h3-9,12,15H,10-11,13-14H2,1-2H3;3-4,7,9,14H,5-6,8H2,1-2H3;5-7H,2-4H2,1H3;2H,1H3/t15-;9-;5-;/m111./s1. The van der Waals surface area contributed by atoms with Crippen molar-refractivity contribution in [3.8, 4) is 11.5 Å². The number of ether oxygens (including phenoxy) is 2. The number of benzene rings is 3. The van der Waals surface area contributed by atoms with E-state index in [0.717, 1.165) is 76.9 Å². The summed E-state index contributed by atoms with van der Waals surface area (Å²) < 4.78 is 10.6. The largest absolute Gasteiger partial charge is 0.495 e. The second-order valence-electron chi connectivity index (χ2n) is 13.1. The molecule has 3 fully saturated rings. The number of alkyl halides is 1. The highest BCUT2D eigenvalue weighted by atomic mass is 35.5. The molecule has 3 aromatic rings. The lowest BCUT2D eigenvalue weighted by molar-refractivity contribution is -0.111. The van der Waals surface area contributed by atoms with Crippen LogP contribution in [0.4, 0.5) is 11.4 Å². The van der Waals surface area contributed by atoms with Gasteiger partial charge in [0.15, 0.2) is 0 Å². The van der Waals surface area contributed by atoms with Crippen LogP contribution in [0.1, 0.15) is 33.3 Å². The number of piperazine rings is 3. The van der Waals surface area contributed by atoms with Crippen LogP contribution in [0.25, 0.3) is 0 Å². The van der Waals surface area contributed by atoms with Crippen LogP contribution in [0.3, 0.4) is 0 Å². The molecule has 0 spiro atoms. The van der Waals surface area contributed by atoms with Gasteiger partial charge in [-0.25, -0.2) is 0 Å². The average molecular weight is 799 g/mol. The van der Waals surface area contributed by atoms with E-state index in [1.54, 1.807) is 14.2 Å². The minimum Gasteiger partial charge on any atom is -0.495 e. The topological polar surface area (TPSA) is 81.3 Å². The van der Waals surface area contributed by atoms with Crippen LogP contribution in [-0.4, -0.2) is 107 Å². The minimum atomic E-state index is -0.549. The van der Waals surface area contributed by atoms with Crippen molar-refractivity contribution in [1.82, 2.24) is 20.9 Å². The molecule has 3 heterocycles. The Bertz CT molecular complexity index is 1480. The molecule has 3 N–H and O–H groups in total. The van der Waals surface area contributed by atoms with Gasteiger partial charge >= 0.3 is 0 Å². The number of rotatable bonds is 7. The number of methoxy groups -OCH3 is 2. The highest BCUT2D eigenvalue weighted by molar-refractivity contribution is 6.69. The summed E-state index contributed by atoms with van der Waals surface area (Å²) in [6, 6.07) is 24.3. The third kappa shape index (κ3) is 14.7. The van der Waals surface area contributed by atoms with Crippen LogP contribution >= 0.6 is 46.4 Å². The smallest absolute Gasteiger partial charge is 0.239 e. The van der Waals surface area contributed by atoms with Gasteiger partial charge in [-0.3, -0.25) is 9.69 Å². The zero-order valence-corrected chi connectivity index (χ0v) is 34.3. The predicted molar refractivity (Wildman–Crippen MR) is 221 cm³/mol. The fraction of sp³-hybridized carbons (Fsp3) is 0.513. The van der Waals surface area contributed by atoms with E-state index in [9.17, 15) is 4.79 Å². The van der Waals surface area contributed by atoms with Gasteiger partial charge in [-0.2, -0.15) is 0 Å². The molecule has 0 saturated carbocycles. The number of anilines is 2. The van der Waals surface area contributed by atoms with E-state index in [4.69, 9.17) is 55.9 Å². The minimum absolute atomic E-state index is 0.457. The summed E-state index contributed by atoms with van der Waals surface area (Å²) in [4.78, 5) is 17.1. The molecule has 0 bridgehead atoms. The van der Waals surface area contributed by atoms with Gasteiger partial charge in [-0.1, -0.05) is 53.5 Å². The molecule has 4 atom stereocenters. The molecule has 9 nitrogen and oxygen atoms in total. The Morgan fingerprint density at radius 3 is 1.79 bits per heavy atom. The molecule has 3 aliphatic rings. The first-order chi connectivity index (χ1) is 24.9. The Balaban J connectivity index is 0.000000216. The third-order valence-electron chi connectivity index (χ3n) is 8.95. The summed E-state index contributed by atoms with van der Waals surface area (Å²) >= 11 is 22.1. The summed E-state index contributed by atoms with van der Waals surface area (Å²) in [7, 11) is 3.30. The van der Waals surface area contributed by atoms with Crippen LogP contribution in [0.15, 0.2) is 66.7 Å². The van der Waals surface area contributed by atoms with Crippen molar-refractivity contribution in [2.45, 2.75) is 57.7 Å². The summed E-state index contributed by atoms with van der Waals surface area (Å²) in [6.45, 7) is 18.8. The van der Waals surface area contributed by atoms with Gasteiger partial charge in [0.05, 0.1) is 24.3 Å². The monoisotopic (exact) mass is 796 g/mol. The van der Waals surface area contributed by atoms with Crippen molar-refractivity contribution in [3.63, 3.8) is 0 Å². The van der Waals surface area contributed by atoms with Gasteiger partial charge in [0.1, 0.15) is 16.9 Å². The van der Waals surface area contributed by atoms with E-state index >= 15 is 0 Å². The Morgan fingerprint density at radius 2 is 1.35 bits per heavy atom. The maximum atomic E-state index is 9.78. The number of hydrogen-bond acceptors (Lipinski definition) is 9. The van der Waals surface area contributed by atoms with E-state index in [1.807, 2.05) is 30.3 Å². The van der Waals surface area contributed by atoms with Crippen molar-refractivity contribution < 1.29 is 14.3 Å². The number of nitrogens with zero attached hydrogens (tertiary/aromatic N) is 3. The number of hydrogen-bond donors (Lipinski definition) is 3.